The van der Waals surface area contributed by atoms with E-state index < -0.39 is 5.54 Å². The summed E-state index contributed by atoms with van der Waals surface area (Å²) >= 11 is 5.25. The minimum absolute atomic E-state index is 0.00299. The van der Waals surface area contributed by atoms with Crippen molar-refractivity contribution in [2.24, 2.45) is 0 Å². The van der Waals surface area contributed by atoms with Crippen molar-refractivity contribution < 1.29 is 9.59 Å². The highest BCUT2D eigenvalue weighted by Gasteiger charge is 2.42. The Hall–Kier alpha value is -1.21. The van der Waals surface area contributed by atoms with Gasteiger partial charge in [-0.1, -0.05) is 26.2 Å². The summed E-state index contributed by atoms with van der Waals surface area (Å²) in [6.45, 7) is 11.5. The molecule has 2 fully saturated rings. The number of hydrogen-bond donors (Lipinski definition) is 1. The van der Waals surface area contributed by atoms with Crippen LogP contribution in [-0.2, 0) is 9.59 Å². The standard InChI is InChI=1S/C19H34N4O2S/c1-4-16(24)22-14-12-21(13-15-22)10-8-6-5-7-9-11-23-18(26)20-17(25)19(23,2)3/h4-15H2,1-3H3,(H,20,25,26). The van der Waals surface area contributed by atoms with E-state index in [9.17, 15) is 9.59 Å². The molecule has 148 valence electrons. The van der Waals surface area contributed by atoms with E-state index in [2.05, 4.69) is 10.2 Å². The molecule has 0 aromatic carbocycles. The Bertz CT molecular complexity index is 516. The summed E-state index contributed by atoms with van der Waals surface area (Å²) in [5.41, 5.74) is -0.515. The van der Waals surface area contributed by atoms with E-state index >= 15 is 0 Å². The maximum atomic E-state index is 11.8. The molecule has 0 unspecified atom stereocenters. The van der Waals surface area contributed by atoms with E-state index in [1.165, 1.54) is 25.7 Å². The summed E-state index contributed by atoms with van der Waals surface area (Å²) in [7, 11) is 0. The van der Waals surface area contributed by atoms with Gasteiger partial charge in [-0.05, 0) is 45.5 Å². The first-order valence-corrected chi connectivity index (χ1v) is 10.4. The first-order valence-electron chi connectivity index (χ1n) is 9.99. The van der Waals surface area contributed by atoms with E-state index in [-0.39, 0.29) is 11.8 Å². The normalized spacial score (nSPS) is 20.6. The van der Waals surface area contributed by atoms with E-state index in [1.807, 2.05) is 30.6 Å². The summed E-state index contributed by atoms with van der Waals surface area (Å²) in [5.74, 6) is 0.283. The molecule has 0 aromatic heterocycles. The number of hydrogen-bond acceptors (Lipinski definition) is 4. The van der Waals surface area contributed by atoms with Gasteiger partial charge in [0.1, 0.15) is 5.54 Å². The van der Waals surface area contributed by atoms with Crippen LogP contribution in [0.1, 0.15) is 59.3 Å². The second-order valence-electron chi connectivity index (χ2n) is 7.81. The second kappa shape index (κ2) is 9.65. The summed E-state index contributed by atoms with van der Waals surface area (Å²) in [6.07, 6.45) is 6.52. The number of carbonyl (C=O) groups excluding carboxylic acids is 2. The van der Waals surface area contributed by atoms with Crippen molar-refractivity contribution >= 4 is 29.1 Å². The van der Waals surface area contributed by atoms with Crippen molar-refractivity contribution in [3.05, 3.63) is 0 Å². The van der Waals surface area contributed by atoms with E-state index in [4.69, 9.17) is 12.2 Å². The number of amides is 2. The highest BCUT2D eigenvalue weighted by Crippen LogP contribution is 2.21. The Morgan fingerprint density at radius 1 is 1.04 bits per heavy atom. The highest BCUT2D eigenvalue weighted by molar-refractivity contribution is 7.80. The Morgan fingerprint density at radius 2 is 1.62 bits per heavy atom. The molecular formula is C19H34N4O2S. The van der Waals surface area contributed by atoms with Gasteiger partial charge >= 0.3 is 0 Å². The molecule has 0 saturated carbocycles. The van der Waals surface area contributed by atoms with Crippen LogP contribution in [-0.4, -0.2) is 76.4 Å². The van der Waals surface area contributed by atoms with Crippen LogP contribution in [0.5, 0.6) is 0 Å². The predicted molar refractivity (Wildman–Crippen MR) is 108 cm³/mol. The Labute approximate surface area is 163 Å². The molecule has 2 saturated heterocycles. The summed E-state index contributed by atoms with van der Waals surface area (Å²) < 4.78 is 0. The maximum absolute atomic E-state index is 11.8. The Balaban J connectivity index is 1.51. The van der Waals surface area contributed by atoms with Crippen LogP contribution in [0.4, 0.5) is 0 Å². The smallest absolute Gasteiger partial charge is 0.251 e. The second-order valence-corrected chi connectivity index (χ2v) is 8.20. The fourth-order valence-electron chi connectivity index (χ4n) is 3.66. The van der Waals surface area contributed by atoms with E-state index in [0.29, 0.717) is 11.5 Å². The quantitative estimate of drug-likeness (QED) is 0.488. The van der Waals surface area contributed by atoms with Gasteiger partial charge in [0.25, 0.3) is 5.91 Å². The lowest BCUT2D eigenvalue weighted by Gasteiger charge is -2.34. The van der Waals surface area contributed by atoms with Crippen molar-refractivity contribution in [1.82, 2.24) is 20.0 Å². The molecule has 26 heavy (non-hydrogen) atoms. The minimum Gasteiger partial charge on any atom is -0.340 e. The zero-order valence-corrected chi connectivity index (χ0v) is 17.4. The number of unbranched alkanes of at least 4 members (excludes halogenated alkanes) is 4. The number of rotatable bonds is 9. The van der Waals surface area contributed by atoms with Gasteiger partial charge in [0.05, 0.1) is 0 Å². The van der Waals surface area contributed by atoms with Gasteiger partial charge in [-0.15, -0.1) is 0 Å². The van der Waals surface area contributed by atoms with Crippen LogP contribution in [0.3, 0.4) is 0 Å². The molecule has 7 heteroatoms. The molecule has 2 amide bonds. The lowest BCUT2D eigenvalue weighted by Crippen LogP contribution is -2.48. The van der Waals surface area contributed by atoms with E-state index in [1.54, 1.807) is 0 Å². The summed E-state index contributed by atoms with van der Waals surface area (Å²) in [5, 5.41) is 3.33. The fourth-order valence-corrected chi connectivity index (χ4v) is 4.07. The minimum atomic E-state index is -0.515. The van der Waals surface area contributed by atoms with Crippen LogP contribution in [0.15, 0.2) is 0 Å². The first kappa shape index (κ1) is 21.1. The van der Waals surface area contributed by atoms with Crippen LogP contribution >= 0.6 is 12.2 Å². The predicted octanol–water partition coefficient (Wildman–Crippen LogP) is 1.99. The molecule has 2 rings (SSSR count). The van der Waals surface area contributed by atoms with Crippen LogP contribution in [0.25, 0.3) is 0 Å². The van der Waals surface area contributed by atoms with Gasteiger partial charge in [-0.2, -0.15) is 0 Å². The molecule has 2 aliphatic heterocycles. The van der Waals surface area contributed by atoms with Gasteiger partial charge in [-0.25, -0.2) is 0 Å². The Morgan fingerprint density at radius 3 is 2.15 bits per heavy atom. The monoisotopic (exact) mass is 382 g/mol. The number of piperazine rings is 1. The van der Waals surface area contributed by atoms with Crippen molar-refractivity contribution in [2.45, 2.75) is 64.8 Å². The SMILES string of the molecule is CCC(=O)N1CCN(CCCCCCCN2C(=S)NC(=O)C2(C)C)CC1. The van der Waals surface area contributed by atoms with Crippen LogP contribution in [0, 0.1) is 0 Å². The molecule has 0 bridgehead atoms. The molecule has 2 aliphatic rings. The van der Waals surface area contributed by atoms with Gasteiger partial charge in [0.2, 0.25) is 5.91 Å². The van der Waals surface area contributed by atoms with Crippen molar-refractivity contribution in [3.63, 3.8) is 0 Å². The highest BCUT2D eigenvalue weighted by atomic mass is 32.1. The summed E-state index contributed by atoms with van der Waals surface area (Å²) in [4.78, 5) is 30.0. The zero-order valence-electron chi connectivity index (χ0n) is 16.6. The van der Waals surface area contributed by atoms with E-state index in [0.717, 1.165) is 45.7 Å². The van der Waals surface area contributed by atoms with Crippen LogP contribution in [0.2, 0.25) is 0 Å². The molecule has 2 heterocycles. The molecule has 0 aromatic rings. The lowest BCUT2D eigenvalue weighted by molar-refractivity contribution is -0.132. The third kappa shape index (κ3) is 5.39. The molecule has 0 radical (unpaired) electrons. The molecule has 6 nitrogen and oxygen atoms in total. The molecule has 1 N–H and O–H groups in total. The molecule has 0 aliphatic carbocycles. The molecule has 0 atom stereocenters. The Kier molecular flexibility index (Phi) is 7.83. The van der Waals surface area contributed by atoms with Gasteiger partial charge in [0.15, 0.2) is 5.11 Å². The fraction of sp³-hybridized carbons (Fsp3) is 0.842. The maximum Gasteiger partial charge on any atom is 0.251 e. The number of carbonyl (C=O) groups is 2. The number of nitrogens with zero attached hydrogens (tertiary/aromatic N) is 3. The number of nitrogens with one attached hydrogen (secondary N) is 1. The molecule has 0 spiro atoms. The zero-order chi connectivity index (χ0) is 19.2. The largest absolute Gasteiger partial charge is 0.340 e. The van der Waals surface area contributed by atoms with Crippen molar-refractivity contribution in [3.8, 4) is 0 Å². The van der Waals surface area contributed by atoms with Gasteiger partial charge < -0.3 is 15.1 Å². The third-order valence-electron chi connectivity index (χ3n) is 5.58. The lowest BCUT2D eigenvalue weighted by atomic mass is 10.0. The van der Waals surface area contributed by atoms with Gasteiger partial charge in [-0.3, -0.25) is 14.5 Å². The van der Waals surface area contributed by atoms with Crippen molar-refractivity contribution in [1.29, 1.82) is 0 Å². The van der Waals surface area contributed by atoms with Crippen molar-refractivity contribution in [2.75, 3.05) is 39.3 Å². The first-order chi connectivity index (χ1) is 12.4. The van der Waals surface area contributed by atoms with Crippen LogP contribution < -0.4 is 5.32 Å². The molecular weight excluding hydrogens is 348 g/mol. The van der Waals surface area contributed by atoms with Gasteiger partial charge in [0, 0.05) is 39.1 Å². The summed E-state index contributed by atoms with van der Waals surface area (Å²) in [6, 6.07) is 0. The number of thiocarbonyl (C=S) groups is 1. The third-order valence-corrected chi connectivity index (χ3v) is 5.90. The topological polar surface area (TPSA) is 55.9 Å². The average Bonchev–Trinajstić information content (AvgIpc) is 2.82. The average molecular weight is 383 g/mol.